The van der Waals surface area contributed by atoms with Crippen molar-refractivity contribution in [1.82, 2.24) is 5.32 Å². The second-order valence-electron chi connectivity index (χ2n) is 5.50. The monoisotopic (exact) mass is 297 g/mol. The third-order valence-corrected chi connectivity index (χ3v) is 3.63. The van der Waals surface area contributed by atoms with Crippen molar-refractivity contribution in [2.24, 2.45) is 0 Å². The predicted molar refractivity (Wildman–Crippen MR) is 84.7 cm³/mol. The van der Waals surface area contributed by atoms with Crippen LogP contribution in [-0.4, -0.2) is 18.6 Å². The fourth-order valence-corrected chi connectivity index (χ4v) is 2.61. The molecule has 1 aromatic carbocycles. The van der Waals surface area contributed by atoms with Crippen LogP contribution in [0.3, 0.4) is 0 Å². The zero-order valence-corrected chi connectivity index (χ0v) is 12.5. The summed E-state index contributed by atoms with van der Waals surface area (Å²) in [7, 11) is 0. The van der Waals surface area contributed by atoms with Gasteiger partial charge in [-0.15, -0.1) is 0 Å². The van der Waals surface area contributed by atoms with Gasteiger partial charge in [0.2, 0.25) is 5.91 Å². The van der Waals surface area contributed by atoms with Crippen molar-refractivity contribution in [3.8, 4) is 5.75 Å². The van der Waals surface area contributed by atoms with Gasteiger partial charge in [-0.3, -0.25) is 4.79 Å². The first kappa shape index (κ1) is 14.4. The number of fused-ring (bicyclic) bond motifs is 1. The number of carbonyl (C=O) groups is 1. The Morgan fingerprint density at radius 2 is 2.32 bits per heavy atom. The lowest BCUT2D eigenvalue weighted by atomic mass is 10.0. The maximum Gasteiger partial charge on any atom is 0.244 e. The van der Waals surface area contributed by atoms with E-state index < -0.39 is 0 Å². The smallest absolute Gasteiger partial charge is 0.244 e. The van der Waals surface area contributed by atoms with Gasteiger partial charge in [-0.05, 0) is 48.7 Å². The lowest BCUT2D eigenvalue weighted by molar-refractivity contribution is -0.117. The van der Waals surface area contributed by atoms with Gasteiger partial charge in [0.05, 0.1) is 12.9 Å². The van der Waals surface area contributed by atoms with Gasteiger partial charge in [-0.1, -0.05) is 12.1 Å². The van der Waals surface area contributed by atoms with Crippen LogP contribution in [0.4, 0.5) is 0 Å². The molecular formula is C18H19NO3. The first-order valence-electron chi connectivity index (χ1n) is 7.47. The molecule has 0 saturated carbocycles. The largest absolute Gasteiger partial charge is 0.493 e. The molecule has 0 aliphatic carbocycles. The van der Waals surface area contributed by atoms with Crippen molar-refractivity contribution in [3.63, 3.8) is 0 Å². The Hall–Kier alpha value is -2.49. The van der Waals surface area contributed by atoms with Gasteiger partial charge in [0.25, 0.3) is 0 Å². The normalized spacial score (nSPS) is 14.6. The van der Waals surface area contributed by atoms with Gasteiger partial charge in [-0.25, -0.2) is 0 Å². The van der Waals surface area contributed by atoms with E-state index in [4.69, 9.17) is 9.15 Å². The number of carbonyl (C=O) groups excluding carboxylic acids is 1. The molecule has 1 N–H and O–H groups in total. The summed E-state index contributed by atoms with van der Waals surface area (Å²) < 4.78 is 10.7. The van der Waals surface area contributed by atoms with Crippen LogP contribution in [-0.2, 0) is 17.6 Å². The molecule has 1 aliphatic heterocycles. The fraction of sp³-hybridized carbons (Fsp3) is 0.278. The van der Waals surface area contributed by atoms with Gasteiger partial charge in [-0.2, -0.15) is 0 Å². The van der Waals surface area contributed by atoms with E-state index in [-0.39, 0.29) is 11.9 Å². The minimum absolute atomic E-state index is 0.0640. The number of benzene rings is 1. The van der Waals surface area contributed by atoms with Gasteiger partial charge in [0.15, 0.2) is 0 Å². The summed E-state index contributed by atoms with van der Waals surface area (Å²) in [6.07, 6.45) is 6.50. The van der Waals surface area contributed by atoms with E-state index >= 15 is 0 Å². The molecule has 0 radical (unpaired) electrons. The topological polar surface area (TPSA) is 51.5 Å². The summed E-state index contributed by atoms with van der Waals surface area (Å²) in [4.78, 5) is 11.9. The Balaban J connectivity index is 1.53. The van der Waals surface area contributed by atoms with Crippen LogP contribution in [0.2, 0.25) is 0 Å². The van der Waals surface area contributed by atoms with Crippen molar-refractivity contribution >= 4 is 12.0 Å². The molecule has 0 bridgehead atoms. The molecule has 0 saturated heterocycles. The van der Waals surface area contributed by atoms with Crippen molar-refractivity contribution in [2.45, 2.75) is 25.8 Å². The second-order valence-corrected chi connectivity index (χ2v) is 5.50. The van der Waals surface area contributed by atoms with Crippen LogP contribution in [0.1, 0.15) is 23.8 Å². The van der Waals surface area contributed by atoms with Crippen LogP contribution in [0.25, 0.3) is 6.08 Å². The number of hydrogen-bond acceptors (Lipinski definition) is 3. The highest BCUT2D eigenvalue weighted by Gasteiger charge is 2.13. The summed E-state index contributed by atoms with van der Waals surface area (Å²) in [5, 5.41) is 2.96. The zero-order chi connectivity index (χ0) is 15.4. The van der Waals surface area contributed by atoms with E-state index in [1.54, 1.807) is 24.5 Å². The van der Waals surface area contributed by atoms with Crippen molar-refractivity contribution in [2.75, 3.05) is 6.61 Å². The molecule has 0 spiro atoms. The number of hydrogen-bond donors (Lipinski definition) is 1. The van der Waals surface area contributed by atoms with E-state index in [1.165, 1.54) is 17.2 Å². The summed E-state index contributed by atoms with van der Waals surface area (Å²) >= 11 is 0. The molecule has 4 heteroatoms. The molecule has 1 amide bonds. The maximum absolute atomic E-state index is 11.9. The standard InChI is InChI=1S/C18H19NO3/c1-13(19-18(20)7-5-16-3-2-9-21-16)11-14-4-6-17-15(12-14)8-10-22-17/h2-7,9,12-13H,8,10-11H2,1H3,(H,19,20)/b7-5+. The average Bonchev–Trinajstić information content (AvgIpc) is 3.15. The third-order valence-electron chi connectivity index (χ3n) is 3.63. The first-order valence-corrected chi connectivity index (χ1v) is 7.47. The lowest BCUT2D eigenvalue weighted by Gasteiger charge is -2.13. The molecule has 2 aromatic rings. The number of furan rings is 1. The Labute approximate surface area is 129 Å². The quantitative estimate of drug-likeness (QED) is 0.863. The Morgan fingerprint density at radius 1 is 1.41 bits per heavy atom. The van der Waals surface area contributed by atoms with E-state index in [1.807, 2.05) is 13.0 Å². The van der Waals surface area contributed by atoms with Gasteiger partial charge >= 0.3 is 0 Å². The number of rotatable bonds is 5. The summed E-state index contributed by atoms with van der Waals surface area (Å²) in [5.41, 5.74) is 2.47. The Kier molecular flexibility index (Phi) is 4.28. The molecule has 1 aromatic heterocycles. The van der Waals surface area contributed by atoms with E-state index in [9.17, 15) is 4.79 Å². The van der Waals surface area contributed by atoms with Crippen LogP contribution in [0.15, 0.2) is 47.1 Å². The van der Waals surface area contributed by atoms with Gasteiger partial charge in [0, 0.05) is 18.5 Å². The van der Waals surface area contributed by atoms with E-state index in [0.717, 1.165) is 25.2 Å². The van der Waals surface area contributed by atoms with Crippen LogP contribution in [0.5, 0.6) is 5.75 Å². The number of amides is 1. The highest BCUT2D eigenvalue weighted by molar-refractivity contribution is 5.91. The molecule has 4 nitrogen and oxygen atoms in total. The molecule has 114 valence electrons. The fourth-order valence-electron chi connectivity index (χ4n) is 2.61. The number of nitrogens with one attached hydrogen (secondary N) is 1. The second kappa shape index (κ2) is 6.52. The van der Waals surface area contributed by atoms with Gasteiger partial charge < -0.3 is 14.5 Å². The minimum Gasteiger partial charge on any atom is -0.493 e. The average molecular weight is 297 g/mol. The maximum atomic E-state index is 11.9. The Morgan fingerprint density at radius 3 is 3.14 bits per heavy atom. The summed E-state index contributed by atoms with van der Waals surface area (Å²) in [5.74, 6) is 1.54. The molecule has 2 heterocycles. The first-order chi connectivity index (χ1) is 10.7. The summed E-state index contributed by atoms with van der Waals surface area (Å²) in [6, 6.07) is 9.91. The molecule has 0 fully saturated rings. The van der Waals surface area contributed by atoms with Crippen LogP contribution >= 0.6 is 0 Å². The van der Waals surface area contributed by atoms with E-state index in [2.05, 4.69) is 17.4 Å². The molecule has 1 aliphatic rings. The summed E-state index contributed by atoms with van der Waals surface area (Å²) in [6.45, 7) is 2.77. The van der Waals surface area contributed by atoms with Crippen LogP contribution in [0, 0.1) is 0 Å². The molecule has 1 atom stereocenters. The predicted octanol–water partition coefficient (Wildman–Crippen LogP) is 2.98. The number of ether oxygens (including phenoxy) is 1. The third kappa shape index (κ3) is 3.58. The Bertz CT molecular complexity index is 674. The highest BCUT2D eigenvalue weighted by Crippen LogP contribution is 2.26. The molecule has 3 rings (SSSR count). The van der Waals surface area contributed by atoms with E-state index in [0.29, 0.717) is 5.76 Å². The van der Waals surface area contributed by atoms with Crippen molar-refractivity contribution in [1.29, 1.82) is 0 Å². The van der Waals surface area contributed by atoms with Gasteiger partial charge in [0.1, 0.15) is 11.5 Å². The van der Waals surface area contributed by atoms with Crippen molar-refractivity contribution < 1.29 is 13.9 Å². The molecular weight excluding hydrogens is 278 g/mol. The SMILES string of the molecule is CC(Cc1ccc2c(c1)CCO2)NC(=O)/C=C/c1ccco1. The van der Waals surface area contributed by atoms with Crippen LogP contribution < -0.4 is 10.1 Å². The minimum atomic E-state index is -0.117. The molecule has 22 heavy (non-hydrogen) atoms. The zero-order valence-electron chi connectivity index (χ0n) is 12.5. The molecule has 1 unspecified atom stereocenters. The highest BCUT2D eigenvalue weighted by atomic mass is 16.5. The van der Waals surface area contributed by atoms with Crippen molar-refractivity contribution in [3.05, 3.63) is 59.6 Å². The lowest BCUT2D eigenvalue weighted by Crippen LogP contribution is -2.32.